The lowest BCUT2D eigenvalue weighted by Gasteiger charge is -2.15. The minimum atomic E-state index is -0.459. The Balaban J connectivity index is 1.75. The maximum Gasteiger partial charge on any atom is 0.340 e. The van der Waals surface area contributed by atoms with E-state index in [4.69, 9.17) is 4.74 Å². The minimum Gasteiger partial charge on any atom is -0.434 e. The summed E-state index contributed by atoms with van der Waals surface area (Å²) in [6.45, 7) is 0. The van der Waals surface area contributed by atoms with Crippen molar-refractivity contribution in [1.29, 1.82) is 0 Å². The van der Waals surface area contributed by atoms with Crippen LogP contribution in [0, 0.1) is 0 Å². The van der Waals surface area contributed by atoms with E-state index in [1.807, 2.05) is 48.5 Å². The minimum absolute atomic E-state index is 0.290. The van der Waals surface area contributed by atoms with Crippen molar-refractivity contribution in [3.05, 3.63) is 71.9 Å². The van der Waals surface area contributed by atoms with E-state index in [9.17, 15) is 4.79 Å². The molecular formula is C17H12N2O2. The topological polar surface area (TPSA) is 51.2 Å². The van der Waals surface area contributed by atoms with Crippen molar-refractivity contribution in [3.63, 3.8) is 0 Å². The summed E-state index contributed by atoms with van der Waals surface area (Å²) < 4.78 is 5.41. The number of hydrogen-bond acceptors (Lipinski definition) is 4. The number of esters is 1. The molecule has 1 atom stereocenters. The zero-order chi connectivity index (χ0) is 14.2. The number of anilines is 1. The molecule has 1 aromatic heterocycles. The molecule has 3 aromatic rings. The molecule has 0 saturated heterocycles. The zero-order valence-electron chi connectivity index (χ0n) is 11.1. The SMILES string of the molecule is O=C1O[C@@H](Nc2cccc3ncccc23)c2ccccc21. The van der Waals surface area contributed by atoms with Crippen molar-refractivity contribution in [2.75, 3.05) is 5.32 Å². The van der Waals surface area contributed by atoms with Crippen LogP contribution in [0.1, 0.15) is 22.1 Å². The van der Waals surface area contributed by atoms with E-state index in [0.717, 1.165) is 22.2 Å². The van der Waals surface area contributed by atoms with Gasteiger partial charge in [0.05, 0.1) is 11.1 Å². The summed E-state index contributed by atoms with van der Waals surface area (Å²) in [5.74, 6) is -0.290. The Kier molecular flexibility index (Phi) is 2.60. The van der Waals surface area contributed by atoms with Gasteiger partial charge in [-0.05, 0) is 30.3 Å². The molecule has 4 heteroatoms. The van der Waals surface area contributed by atoms with Crippen LogP contribution in [0.5, 0.6) is 0 Å². The Labute approximate surface area is 121 Å². The number of fused-ring (bicyclic) bond motifs is 2. The van der Waals surface area contributed by atoms with Gasteiger partial charge in [-0.2, -0.15) is 0 Å². The number of ether oxygens (including phenoxy) is 1. The maximum atomic E-state index is 11.9. The first-order chi connectivity index (χ1) is 10.3. The first kappa shape index (κ1) is 11.9. The highest BCUT2D eigenvalue weighted by Gasteiger charge is 2.30. The molecule has 21 heavy (non-hydrogen) atoms. The normalized spacial score (nSPS) is 16.6. The number of aromatic nitrogens is 1. The number of carbonyl (C=O) groups is 1. The largest absolute Gasteiger partial charge is 0.434 e. The molecule has 1 aliphatic rings. The predicted molar refractivity (Wildman–Crippen MR) is 80.0 cm³/mol. The van der Waals surface area contributed by atoms with E-state index in [0.29, 0.717) is 5.56 Å². The van der Waals surface area contributed by atoms with Crippen LogP contribution in [-0.4, -0.2) is 11.0 Å². The number of carbonyl (C=O) groups excluding carboxylic acids is 1. The van der Waals surface area contributed by atoms with E-state index in [2.05, 4.69) is 10.3 Å². The van der Waals surface area contributed by atoms with Crippen LogP contribution in [0.3, 0.4) is 0 Å². The van der Waals surface area contributed by atoms with Gasteiger partial charge in [-0.3, -0.25) is 4.98 Å². The second kappa shape index (κ2) is 4.59. The lowest BCUT2D eigenvalue weighted by atomic mass is 10.1. The van der Waals surface area contributed by atoms with Crippen LogP contribution in [0.4, 0.5) is 5.69 Å². The van der Waals surface area contributed by atoms with Gasteiger partial charge in [0.1, 0.15) is 0 Å². The van der Waals surface area contributed by atoms with Gasteiger partial charge in [0.25, 0.3) is 0 Å². The molecule has 1 aliphatic heterocycles. The molecule has 4 nitrogen and oxygen atoms in total. The summed E-state index contributed by atoms with van der Waals surface area (Å²) in [6, 6.07) is 17.2. The number of rotatable bonds is 2. The number of nitrogens with zero attached hydrogens (tertiary/aromatic N) is 1. The molecule has 0 fully saturated rings. The van der Waals surface area contributed by atoms with Gasteiger partial charge < -0.3 is 10.1 Å². The fourth-order valence-electron chi connectivity index (χ4n) is 2.62. The third kappa shape index (κ3) is 1.92. The van der Waals surface area contributed by atoms with E-state index < -0.39 is 6.23 Å². The molecule has 0 bridgehead atoms. The second-order valence-corrected chi connectivity index (χ2v) is 4.89. The van der Waals surface area contributed by atoms with Gasteiger partial charge in [0, 0.05) is 22.8 Å². The zero-order valence-corrected chi connectivity index (χ0v) is 11.1. The van der Waals surface area contributed by atoms with Crippen LogP contribution in [0.15, 0.2) is 60.8 Å². The van der Waals surface area contributed by atoms with Crippen LogP contribution in [0.2, 0.25) is 0 Å². The number of cyclic esters (lactones) is 1. The first-order valence-electron chi connectivity index (χ1n) is 6.73. The van der Waals surface area contributed by atoms with Gasteiger partial charge in [0.2, 0.25) is 6.23 Å². The van der Waals surface area contributed by atoms with Crippen molar-refractivity contribution < 1.29 is 9.53 Å². The Morgan fingerprint density at radius 2 is 1.90 bits per heavy atom. The van der Waals surface area contributed by atoms with Crippen molar-refractivity contribution in [3.8, 4) is 0 Å². The molecule has 0 amide bonds. The number of hydrogen-bond donors (Lipinski definition) is 1. The van der Waals surface area contributed by atoms with Crippen LogP contribution in [0.25, 0.3) is 10.9 Å². The van der Waals surface area contributed by atoms with Gasteiger partial charge in [0.15, 0.2) is 0 Å². The van der Waals surface area contributed by atoms with E-state index in [-0.39, 0.29) is 5.97 Å². The molecule has 2 heterocycles. The Hall–Kier alpha value is -2.88. The molecule has 2 aromatic carbocycles. The standard InChI is InChI=1S/C17H12N2O2/c20-17-12-6-2-1-5-11(12)16(21-17)19-15-9-3-8-14-13(15)7-4-10-18-14/h1-10,16,19H/t16-/m1/s1. The van der Waals surface area contributed by atoms with Crippen LogP contribution < -0.4 is 5.32 Å². The Morgan fingerprint density at radius 3 is 2.86 bits per heavy atom. The third-order valence-corrected chi connectivity index (χ3v) is 3.62. The number of benzene rings is 2. The fourth-order valence-corrected chi connectivity index (χ4v) is 2.62. The molecule has 0 unspecified atom stereocenters. The second-order valence-electron chi connectivity index (χ2n) is 4.89. The average Bonchev–Trinajstić information content (AvgIpc) is 2.85. The Bertz CT molecular complexity index is 840. The quantitative estimate of drug-likeness (QED) is 0.728. The summed E-state index contributed by atoms with van der Waals surface area (Å²) in [5, 5.41) is 4.29. The van der Waals surface area contributed by atoms with Crippen LogP contribution >= 0.6 is 0 Å². The third-order valence-electron chi connectivity index (χ3n) is 3.62. The van der Waals surface area contributed by atoms with Crippen molar-refractivity contribution in [2.45, 2.75) is 6.23 Å². The summed E-state index contributed by atoms with van der Waals surface area (Å²) in [6.07, 6.45) is 1.30. The van der Waals surface area contributed by atoms with Gasteiger partial charge in [-0.15, -0.1) is 0 Å². The molecular weight excluding hydrogens is 264 g/mol. The van der Waals surface area contributed by atoms with E-state index in [1.165, 1.54) is 0 Å². The summed E-state index contributed by atoms with van der Waals surface area (Å²) in [4.78, 5) is 16.2. The van der Waals surface area contributed by atoms with Crippen molar-refractivity contribution in [1.82, 2.24) is 4.98 Å². The summed E-state index contributed by atoms with van der Waals surface area (Å²) >= 11 is 0. The van der Waals surface area contributed by atoms with Gasteiger partial charge >= 0.3 is 5.97 Å². The summed E-state index contributed by atoms with van der Waals surface area (Å²) in [5.41, 5.74) is 3.28. The highest BCUT2D eigenvalue weighted by Crippen LogP contribution is 2.33. The monoisotopic (exact) mass is 276 g/mol. The average molecular weight is 276 g/mol. The maximum absolute atomic E-state index is 11.9. The Morgan fingerprint density at radius 1 is 1.00 bits per heavy atom. The van der Waals surface area contributed by atoms with E-state index in [1.54, 1.807) is 12.3 Å². The number of nitrogens with one attached hydrogen (secondary N) is 1. The van der Waals surface area contributed by atoms with E-state index >= 15 is 0 Å². The molecule has 0 aliphatic carbocycles. The lowest BCUT2D eigenvalue weighted by molar-refractivity contribution is 0.0437. The molecule has 4 rings (SSSR count). The van der Waals surface area contributed by atoms with Gasteiger partial charge in [-0.25, -0.2) is 4.79 Å². The van der Waals surface area contributed by atoms with Crippen LogP contribution in [-0.2, 0) is 4.74 Å². The molecule has 0 saturated carbocycles. The van der Waals surface area contributed by atoms with Crippen molar-refractivity contribution in [2.24, 2.45) is 0 Å². The highest BCUT2D eigenvalue weighted by atomic mass is 16.6. The molecule has 1 N–H and O–H groups in total. The fraction of sp³-hybridized carbons (Fsp3) is 0.0588. The molecule has 0 spiro atoms. The smallest absolute Gasteiger partial charge is 0.340 e. The predicted octanol–water partition coefficient (Wildman–Crippen LogP) is 3.52. The summed E-state index contributed by atoms with van der Waals surface area (Å²) in [7, 11) is 0. The number of pyridine rings is 1. The first-order valence-corrected chi connectivity index (χ1v) is 6.73. The molecule has 0 radical (unpaired) electrons. The highest BCUT2D eigenvalue weighted by molar-refractivity contribution is 5.95. The lowest BCUT2D eigenvalue weighted by Crippen LogP contribution is -2.10. The molecule has 102 valence electrons. The van der Waals surface area contributed by atoms with Crippen molar-refractivity contribution >= 4 is 22.6 Å². The van der Waals surface area contributed by atoms with Gasteiger partial charge in [-0.1, -0.05) is 24.3 Å².